The van der Waals surface area contributed by atoms with E-state index in [-0.39, 0.29) is 22.3 Å². The maximum Gasteiger partial charge on any atom is 0.153 e. The number of benzene rings is 1. The van der Waals surface area contributed by atoms with Crippen LogP contribution in [0, 0.1) is 0 Å². The summed E-state index contributed by atoms with van der Waals surface area (Å²) in [5.74, 6) is 0.463. The summed E-state index contributed by atoms with van der Waals surface area (Å²) in [6, 6.07) is 10.1. The van der Waals surface area contributed by atoms with E-state index in [9.17, 15) is 8.42 Å². The molecule has 0 aliphatic carbocycles. The molecule has 0 amide bonds. The molecule has 3 nitrogen and oxygen atoms in total. The molecule has 1 aromatic rings. The van der Waals surface area contributed by atoms with Crippen molar-refractivity contribution in [2.45, 2.75) is 24.3 Å². The number of hydrogen-bond donors (Lipinski definition) is 0. The highest BCUT2D eigenvalue weighted by Gasteiger charge is 2.56. The van der Waals surface area contributed by atoms with Gasteiger partial charge in [-0.3, -0.25) is 0 Å². The molecule has 0 saturated carbocycles. The monoisotopic (exact) mass is 313 g/mol. The predicted molar refractivity (Wildman–Crippen MR) is 83.0 cm³/mol. The fourth-order valence-corrected chi connectivity index (χ4v) is 7.74. The average Bonchev–Trinajstić information content (AvgIpc) is 2.68. The largest absolute Gasteiger partial charge is 0.346 e. The first-order valence-corrected chi connectivity index (χ1v) is 9.24. The van der Waals surface area contributed by atoms with Crippen molar-refractivity contribution >= 4 is 38.1 Å². The van der Waals surface area contributed by atoms with Gasteiger partial charge in [-0.15, -0.1) is 0 Å². The molecular formula is C13H15NO2S3. The second-order valence-electron chi connectivity index (χ2n) is 5.36. The number of thiocarbonyl (C=S) groups is 1. The quantitative estimate of drug-likeness (QED) is 0.782. The molecule has 1 aromatic carbocycles. The van der Waals surface area contributed by atoms with Crippen LogP contribution in [-0.2, 0) is 16.4 Å². The summed E-state index contributed by atoms with van der Waals surface area (Å²) in [4.78, 5) is 2.09. The number of hydrogen-bond acceptors (Lipinski definition) is 4. The van der Waals surface area contributed by atoms with Crippen molar-refractivity contribution in [3.63, 3.8) is 0 Å². The highest BCUT2D eigenvalue weighted by atomic mass is 32.2. The van der Waals surface area contributed by atoms with Gasteiger partial charge in [0.1, 0.15) is 4.32 Å². The first-order valence-electron chi connectivity index (χ1n) is 6.13. The van der Waals surface area contributed by atoms with Gasteiger partial charge >= 0.3 is 0 Å². The van der Waals surface area contributed by atoms with Crippen LogP contribution in [0.1, 0.15) is 12.5 Å². The molecule has 2 aliphatic rings. The molecule has 6 heteroatoms. The van der Waals surface area contributed by atoms with Crippen LogP contribution in [0.4, 0.5) is 0 Å². The van der Waals surface area contributed by atoms with Crippen LogP contribution in [-0.4, -0.2) is 39.9 Å². The normalized spacial score (nSPS) is 32.6. The Kier molecular flexibility index (Phi) is 3.15. The van der Waals surface area contributed by atoms with Crippen LogP contribution in [0.15, 0.2) is 30.3 Å². The first kappa shape index (κ1) is 13.4. The third-order valence-electron chi connectivity index (χ3n) is 3.87. The zero-order valence-corrected chi connectivity index (χ0v) is 13.0. The first-order chi connectivity index (χ1) is 8.91. The van der Waals surface area contributed by atoms with Gasteiger partial charge < -0.3 is 4.90 Å². The molecule has 2 aliphatic heterocycles. The summed E-state index contributed by atoms with van der Waals surface area (Å²) in [6.07, 6.45) is 0. The molecule has 0 bridgehead atoms. The maximum absolute atomic E-state index is 11.9. The molecule has 19 heavy (non-hydrogen) atoms. The highest BCUT2D eigenvalue weighted by molar-refractivity contribution is 8.24. The minimum absolute atomic E-state index is 0.0775. The fraction of sp³-hybridized carbons (Fsp3) is 0.462. The maximum atomic E-state index is 11.9. The van der Waals surface area contributed by atoms with E-state index < -0.39 is 9.84 Å². The van der Waals surface area contributed by atoms with Gasteiger partial charge in [-0.25, -0.2) is 8.42 Å². The van der Waals surface area contributed by atoms with Gasteiger partial charge in [0.2, 0.25) is 0 Å². The van der Waals surface area contributed by atoms with Gasteiger partial charge in [0, 0.05) is 11.8 Å². The molecular weight excluding hydrogens is 298 g/mol. The van der Waals surface area contributed by atoms with Gasteiger partial charge in [-0.2, -0.15) is 0 Å². The number of nitrogens with zero attached hydrogens (tertiary/aromatic N) is 1. The Hall–Kier alpha value is -0.590. The van der Waals surface area contributed by atoms with Crippen molar-refractivity contribution in [1.82, 2.24) is 4.90 Å². The summed E-state index contributed by atoms with van der Waals surface area (Å²) in [5.41, 5.74) is 0.813. The lowest BCUT2D eigenvalue weighted by Gasteiger charge is -2.34. The molecule has 2 heterocycles. The van der Waals surface area contributed by atoms with Crippen LogP contribution < -0.4 is 0 Å². The van der Waals surface area contributed by atoms with Crippen molar-refractivity contribution in [2.75, 3.05) is 11.5 Å². The summed E-state index contributed by atoms with van der Waals surface area (Å²) >= 11 is 6.98. The van der Waals surface area contributed by atoms with E-state index in [4.69, 9.17) is 12.2 Å². The van der Waals surface area contributed by atoms with E-state index in [1.54, 1.807) is 11.8 Å². The molecule has 0 N–H and O–H groups in total. The van der Waals surface area contributed by atoms with E-state index in [0.717, 1.165) is 9.88 Å². The van der Waals surface area contributed by atoms with Crippen LogP contribution in [0.2, 0.25) is 0 Å². The third-order valence-corrected chi connectivity index (χ3v) is 7.84. The smallest absolute Gasteiger partial charge is 0.153 e. The number of thioether (sulfide) groups is 1. The van der Waals surface area contributed by atoms with E-state index in [1.165, 1.54) is 0 Å². The van der Waals surface area contributed by atoms with Gasteiger partial charge in [0.15, 0.2) is 9.84 Å². The summed E-state index contributed by atoms with van der Waals surface area (Å²) in [5, 5.41) is 0.0775. The minimum Gasteiger partial charge on any atom is -0.346 e. The lowest BCUT2D eigenvalue weighted by Crippen LogP contribution is -2.48. The SMILES string of the molecule is C[C@]12CS(=O)(=O)C[C@H]1SC(=S)N2Cc1ccccc1. The zero-order chi connectivity index (χ0) is 13.7. The van der Waals surface area contributed by atoms with Gasteiger partial charge in [-0.05, 0) is 12.5 Å². The molecule has 102 valence electrons. The molecule has 0 aromatic heterocycles. The number of fused-ring (bicyclic) bond motifs is 1. The lowest BCUT2D eigenvalue weighted by atomic mass is 9.99. The standard InChI is InChI=1S/C13H15NO2S3/c1-13-9-19(15,16)8-11(13)18-12(17)14(13)7-10-5-3-2-4-6-10/h2-6,11H,7-9H2,1H3/t11-,13+/m1/s1. The van der Waals surface area contributed by atoms with E-state index in [2.05, 4.69) is 4.90 Å². The lowest BCUT2D eigenvalue weighted by molar-refractivity contribution is 0.238. The van der Waals surface area contributed by atoms with E-state index >= 15 is 0 Å². The Bertz CT molecular complexity index is 614. The molecule has 0 spiro atoms. The van der Waals surface area contributed by atoms with Crippen molar-refractivity contribution < 1.29 is 8.42 Å². The Labute approximate surface area is 123 Å². The van der Waals surface area contributed by atoms with Gasteiger partial charge in [0.05, 0.1) is 17.0 Å². The molecule has 0 unspecified atom stereocenters. The summed E-state index contributed by atoms with van der Waals surface area (Å²) in [7, 11) is -2.93. The molecule has 2 fully saturated rings. The van der Waals surface area contributed by atoms with Gasteiger partial charge in [-0.1, -0.05) is 54.3 Å². The van der Waals surface area contributed by atoms with E-state index in [0.29, 0.717) is 6.54 Å². The van der Waals surface area contributed by atoms with Crippen LogP contribution in [0.3, 0.4) is 0 Å². The van der Waals surface area contributed by atoms with Crippen molar-refractivity contribution in [3.8, 4) is 0 Å². The second kappa shape index (κ2) is 4.46. The highest BCUT2D eigenvalue weighted by Crippen LogP contribution is 2.46. The topological polar surface area (TPSA) is 37.4 Å². The number of rotatable bonds is 2. The molecule has 3 rings (SSSR count). The molecule has 2 saturated heterocycles. The Morgan fingerprint density at radius 1 is 1.42 bits per heavy atom. The van der Waals surface area contributed by atoms with Crippen LogP contribution >= 0.6 is 24.0 Å². The van der Waals surface area contributed by atoms with Crippen LogP contribution in [0.5, 0.6) is 0 Å². The zero-order valence-electron chi connectivity index (χ0n) is 10.6. The predicted octanol–water partition coefficient (Wildman–Crippen LogP) is 2.08. The fourth-order valence-electron chi connectivity index (χ4n) is 2.82. The summed E-state index contributed by atoms with van der Waals surface area (Å²) in [6.45, 7) is 2.71. The summed E-state index contributed by atoms with van der Waals surface area (Å²) < 4.78 is 24.6. The minimum atomic E-state index is -2.93. The van der Waals surface area contributed by atoms with Crippen molar-refractivity contribution in [1.29, 1.82) is 0 Å². The van der Waals surface area contributed by atoms with Crippen molar-refractivity contribution in [3.05, 3.63) is 35.9 Å². The van der Waals surface area contributed by atoms with Crippen LogP contribution in [0.25, 0.3) is 0 Å². The molecule has 0 radical (unpaired) electrons. The Morgan fingerprint density at radius 2 is 2.11 bits per heavy atom. The van der Waals surface area contributed by atoms with Crippen molar-refractivity contribution in [2.24, 2.45) is 0 Å². The third kappa shape index (κ3) is 2.30. The van der Waals surface area contributed by atoms with E-state index in [1.807, 2.05) is 37.3 Å². The van der Waals surface area contributed by atoms with Gasteiger partial charge in [0.25, 0.3) is 0 Å². The molecule has 2 atom stereocenters. The Morgan fingerprint density at radius 3 is 2.79 bits per heavy atom. The number of sulfone groups is 1. The second-order valence-corrected chi connectivity index (χ2v) is 9.30. The average molecular weight is 313 g/mol. The Balaban J connectivity index is 1.91.